The number of esters is 1. The van der Waals surface area contributed by atoms with E-state index in [0.29, 0.717) is 5.69 Å². The Balaban J connectivity index is 1.76. The maximum absolute atomic E-state index is 12.2. The zero-order valence-corrected chi connectivity index (χ0v) is 15.5. The molecule has 0 radical (unpaired) electrons. The molecular formula is C18H12BrNO4S. The Morgan fingerprint density at radius 1 is 1.36 bits per heavy atom. The Bertz CT molecular complexity index is 929. The Morgan fingerprint density at radius 2 is 2.16 bits per heavy atom. The summed E-state index contributed by atoms with van der Waals surface area (Å²) in [7, 11) is 0. The van der Waals surface area contributed by atoms with Crippen molar-refractivity contribution in [2.45, 2.75) is 6.92 Å². The largest absolute Gasteiger partial charge is 0.430 e. The van der Waals surface area contributed by atoms with E-state index in [-0.39, 0.29) is 5.76 Å². The van der Waals surface area contributed by atoms with Crippen LogP contribution in [0.15, 0.2) is 52.0 Å². The summed E-state index contributed by atoms with van der Waals surface area (Å²) >= 11 is 4.85. The van der Waals surface area contributed by atoms with Crippen LogP contribution in [0.1, 0.15) is 12.6 Å². The Morgan fingerprint density at radius 3 is 2.88 bits per heavy atom. The van der Waals surface area contributed by atoms with Crippen molar-refractivity contribution in [1.29, 1.82) is 0 Å². The maximum Gasteiger partial charge on any atom is 0.329 e. The van der Waals surface area contributed by atoms with Crippen molar-refractivity contribution in [2.75, 3.05) is 0 Å². The van der Waals surface area contributed by atoms with Crippen LogP contribution in [0.25, 0.3) is 16.6 Å². The van der Waals surface area contributed by atoms with E-state index in [1.165, 1.54) is 30.4 Å². The zero-order valence-electron chi connectivity index (χ0n) is 13.1. The van der Waals surface area contributed by atoms with Crippen LogP contribution in [0, 0.1) is 5.92 Å². The summed E-state index contributed by atoms with van der Waals surface area (Å²) in [6.45, 7) is 1.49. The number of hydrogen-bond donors (Lipinski definition) is 0. The standard InChI is InChI=1S/C18H12BrNO4S/c1-10-7-15(22)16(18(23)24-10)14(21)6-5-13-9-25-17(20-13)11-3-2-4-12(19)8-11/h2-9,16H,1H3/b6-5+. The number of cyclic esters (lactones) is 1. The lowest BCUT2D eigenvalue weighted by atomic mass is 9.96. The van der Waals surface area contributed by atoms with Crippen LogP contribution in [0.2, 0.25) is 0 Å². The molecule has 0 fully saturated rings. The van der Waals surface area contributed by atoms with Gasteiger partial charge in [-0.3, -0.25) is 14.4 Å². The van der Waals surface area contributed by atoms with Gasteiger partial charge in [0, 0.05) is 21.5 Å². The van der Waals surface area contributed by atoms with Gasteiger partial charge in [0.25, 0.3) is 0 Å². The highest BCUT2D eigenvalue weighted by atomic mass is 79.9. The molecule has 0 aliphatic carbocycles. The second-order valence-electron chi connectivity index (χ2n) is 5.34. The molecule has 0 N–H and O–H groups in total. The number of rotatable bonds is 4. The van der Waals surface area contributed by atoms with Gasteiger partial charge in [-0.1, -0.05) is 28.1 Å². The first-order chi connectivity index (χ1) is 11.9. The minimum absolute atomic E-state index is 0.196. The second-order valence-corrected chi connectivity index (χ2v) is 7.11. The summed E-state index contributed by atoms with van der Waals surface area (Å²) in [6, 6.07) is 7.72. The average Bonchev–Trinajstić information content (AvgIpc) is 3.01. The van der Waals surface area contributed by atoms with Crippen LogP contribution in [-0.4, -0.2) is 22.5 Å². The summed E-state index contributed by atoms with van der Waals surface area (Å²) in [5, 5.41) is 2.60. The van der Waals surface area contributed by atoms with E-state index in [1.54, 1.807) is 5.38 Å². The Labute approximate surface area is 156 Å². The van der Waals surface area contributed by atoms with Gasteiger partial charge in [-0.2, -0.15) is 0 Å². The topological polar surface area (TPSA) is 73.3 Å². The predicted molar refractivity (Wildman–Crippen MR) is 97.6 cm³/mol. The molecule has 2 heterocycles. The molecule has 1 aromatic carbocycles. The molecule has 0 saturated heterocycles. The summed E-state index contributed by atoms with van der Waals surface area (Å²) in [5.41, 5.74) is 1.54. The third-order valence-corrected chi connectivity index (χ3v) is 4.83. The van der Waals surface area contributed by atoms with E-state index in [0.717, 1.165) is 21.1 Å². The molecule has 7 heteroatoms. The van der Waals surface area contributed by atoms with Gasteiger partial charge in [-0.05, 0) is 31.2 Å². The summed E-state index contributed by atoms with van der Waals surface area (Å²) in [5.74, 6) is -3.25. The van der Waals surface area contributed by atoms with Crippen molar-refractivity contribution in [2.24, 2.45) is 5.92 Å². The van der Waals surface area contributed by atoms with Crippen molar-refractivity contribution in [3.05, 3.63) is 57.7 Å². The lowest BCUT2D eigenvalue weighted by Crippen LogP contribution is -2.34. The van der Waals surface area contributed by atoms with E-state index >= 15 is 0 Å². The molecule has 5 nitrogen and oxygen atoms in total. The molecule has 1 atom stereocenters. The average molecular weight is 418 g/mol. The fraction of sp³-hybridized carbons (Fsp3) is 0.111. The molecule has 0 saturated carbocycles. The van der Waals surface area contributed by atoms with Crippen LogP contribution in [0.4, 0.5) is 0 Å². The smallest absolute Gasteiger partial charge is 0.329 e. The van der Waals surface area contributed by atoms with Gasteiger partial charge in [-0.15, -0.1) is 11.3 Å². The van der Waals surface area contributed by atoms with Gasteiger partial charge < -0.3 is 4.74 Å². The molecule has 0 amide bonds. The van der Waals surface area contributed by atoms with Crippen LogP contribution in [0.3, 0.4) is 0 Å². The van der Waals surface area contributed by atoms with Gasteiger partial charge in [0.2, 0.25) is 0 Å². The number of hydrogen-bond acceptors (Lipinski definition) is 6. The highest BCUT2D eigenvalue weighted by molar-refractivity contribution is 9.10. The predicted octanol–water partition coefficient (Wildman–Crippen LogP) is 3.80. The first-order valence-corrected chi connectivity index (χ1v) is 8.98. The highest BCUT2D eigenvalue weighted by Crippen LogP contribution is 2.26. The minimum atomic E-state index is -1.43. The van der Waals surface area contributed by atoms with E-state index in [1.807, 2.05) is 24.3 Å². The number of ketones is 2. The molecule has 1 unspecified atom stereocenters. The van der Waals surface area contributed by atoms with Gasteiger partial charge in [0.05, 0.1) is 5.69 Å². The number of allylic oxidation sites excluding steroid dienone is 3. The van der Waals surface area contributed by atoms with Gasteiger partial charge in [0.1, 0.15) is 10.8 Å². The van der Waals surface area contributed by atoms with Crippen LogP contribution in [0.5, 0.6) is 0 Å². The fourth-order valence-corrected chi connectivity index (χ4v) is 3.47. The number of halogens is 1. The van der Waals surface area contributed by atoms with Gasteiger partial charge in [-0.25, -0.2) is 4.98 Å². The monoisotopic (exact) mass is 417 g/mol. The number of benzene rings is 1. The van der Waals surface area contributed by atoms with Crippen molar-refractivity contribution in [3.8, 4) is 10.6 Å². The third-order valence-electron chi connectivity index (χ3n) is 3.42. The maximum atomic E-state index is 12.2. The van der Waals surface area contributed by atoms with Crippen molar-refractivity contribution < 1.29 is 19.1 Å². The van der Waals surface area contributed by atoms with E-state index in [2.05, 4.69) is 20.9 Å². The Kier molecular flexibility index (Phi) is 5.06. The normalized spacial score (nSPS) is 17.5. The van der Waals surface area contributed by atoms with Crippen molar-refractivity contribution in [3.63, 3.8) is 0 Å². The van der Waals surface area contributed by atoms with Crippen molar-refractivity contribution >= 4 is 50.9 Å². The van der Waals surface area contributed by atoms with Gasteiger partial charge in [0.15, 0.2) is 17.5 Å². The molecule has 1 aromatic heterocycles. The molecular weight excluding hydrogens is 406 g/mol. The summed E-state index contributed by atoms with van der Waals surface area (Å²) in [4.78, 5) is 40.2. The SMILES string of the molecule is CC1=CC(=O)C(C(=O)/C=C/c2csc(-c3cccc(Br)c3)n2)C(=O)O1. The molecule has 1 aliphatic heterocycles. The van der Waals surface area contributed by atoms with Crippen molar-refractivity contribution in [1.82, 2.24) is 4.98 Å². The van der Waals surface area contributed by atoms with Crippen LogP contribution >= 0.6 is 27.3 Å². The summed E-state index contributed by atoms with van der Waals surface area (Å²) < 4.78 is 5.79. The third kappa shape index (κ3) is 4.00. The quantitative estimate of drug-likeness (QED) is 0.429. The summed E-state index contributed by atoms with van der Waals surface area (Å²) in [6.07, 6.45) is 3.84. The molecule has 25 heavy (non-hydrogen) atoms. The van der Waals surface area contributed by atoms with Crippen LogP contribution < -0.4 is 0 Å². The number of carbonyl (C=O) groups is 3. The number of thiazole rings is 1. The number of ether oxygens (including phenoxy) is 1. The molecule has 0 spiro atoms. The first kappa shape index (κ1) is 17.4. The lowest BCUT2D eigenvalue weighted by Gasteiger charge is -2.15. The zero-order chi connectivity index (χ0) is 18.0. The van der Waals surface area contributed by atoms with Crippen LogP contribution in [-0.2, 0) is 19.1 Å². The van der Waals surface area contributed by atoms with Gasteiger partial charge >= 0.3 is 5.97 Å². The van der Waals surface area contributed by atoms with E-state index in [9.17, 15) is 14.4 Å². The minimum Gasteiger partial charge on any atom is -0.430 e. The highest BCUT2D eigenvalue weighted by Gasteiger charge is 2.36. The molecule has 2 aromatic rings. The Hall–Kier alpha value is -2.38. The fourth-order valence-electron chi connectivity index (χ4n) is 2.28. The first-order valence-electron chi connectivity index (χ1n) is 7.31. The van der Waals surface area contributed by atoms with E-state index < -0.39 is 23.5 Å². The number of nitrogens with zero attached hydrogens (tertiary/aromatic N) is 1. The number of aromatic nitrogens is 1. The lowest BCUT2D eigenvalue weighted by molar-refractivity contribution is -0.151. The molecule has 126 valence electrons. The number of carbonyl (C=O) groups excluding carboxylic acids is 3. The second kappa shape index (κ2) is 7.25. The van der Waals surface area contributed by atoms with E-state index in [4.69, 9.17) is 4.74 Å². The molecule has 3 rings (SSSR count). The molecule has 1 aliphatic rings. The molecule has 0 bridgehead atoms.